The summed E-state index contributed by atoms with van der Waals surface area (Å²) in [5, 5.41) is 14.9. The molecule has 0 amide bonds. The summed E-state index contributed by atoms with van der Waals surface area (Å²) in [4.78, 5) is 0. The van der Waals surface area contributed by atoms with Crippen molar-refractivity contribution >= 4 is 29.6 Å². The minimum absolute atomic E-state index is 0.700. The predicted octanol–water partition coefficient (Wildman–Crippen LogP) is 5.77. The van der Waals surface area contributed by atoms with Crippen LogP contribution in [-0.4, -0.2) is 21.1 Å². The smallest absolute Gasteiger partial charge is 0.187 e. The summed E-state index contributed by atoms with van der Waals surface area (Å²) >= 11 is 7.58. The Morgan fingerprint density at radius 1 is 0.857 bits per heavy atom. The van der Waals surface area contributed by atoms with Crippen LogP contribution in [0.2, 0.25) is 5.02 Å². The van der Waals surface area contributed by atoms with Crippen LogP contribution in [-0.2, 0) is 5.75 Å². The lowest BCUT2D eigenvalue weighted by Crippen LogP contribution is -1.97. The lowest BCUT2D eigenvalue weighted by molar-refractivity contribution is 0.772. The minimum Gasteiger partial charge on any atom is -0.187 e. The molecule has 4 aromatic rings. The molecule has 138 valence electrons. The Kier molecular flexibility index (Phi) is 5.85. The number of aromatic nitrogens is 3. The van der Waals surface area contributed by atoms with Crippen molar-refractivity contribution in [1.29, 1.82) is 0 Å². The molecular weight excluding hydrogens is 388 g/mol. The predicted molar refractivity (Wildman–Crippen MR) is 116 cm³/mol. The molecule has 1 aromatic heterocycles. The second kappa shape index (κ2) is 8.87. The van der Waals surface area contributed by atoms with E-state index in [9.17, 15) is 0 Å². The number of rotatable bonds is 6. The fraction of sp³-hybridized carbons (Fsp3) is 0.0455. The molecular formula is C22H17ClN4S. The monoisotopic (exact) mass is 404 g/mol. The van der Waals surface area contributed by atoms with E-state index in [1.807, 2.05) is 72.8 Å². The van der Waals surface area contributed by atoms with E-state index in [1.165, 1.54) is 5.56 Å². The Bertz CT molecular complexity index is 1060. The first-order chi connectivity index (χ1) is 13.8. The SMILES string of the molecule is Clc1ccc(C=Nn2c(SCc3ccccc3)nnc2-c2ccccc2)cc1. The van der Waals surface area contributed by atoms with E-state index in [0.717, 1.165) is 22.0 Å². The molecule has 0 unspecified atom stereocenters. The second-order valence-electron chi connectivity index (χ2n) is 6.05. The Hall–Kier alpha value is -2.89. The van der Waals surface area contributed by atoms with Crippen molar-refractivity contribution in [3.8, 4) is 11.4 Å². The van der Waals surface area contributed by atoms with Crippen LogP contribution in [0.1, 0.15) is 11.1 Å². The molecule has 0 aliphatic carbocycles. The summed E-state index contributed by atoms with van der Waals surface area (Å²) in [5.74, 6) is 1.51. The van der Waals surface area contributed by atoms with Gasteiger partial charge in [-0.2, -0.15) is 9.78 Å². The zero-order valence-electron chi connectivity index (χ0n) is 14.9. The molecule has 0 radical (unpaired) electrons. The third-order valence-corrected chi connectivity index (χ3v) is 5.29. The van der Waals surface area contributed by atoms with Crippen molar-refractivity contribution in [3.63, 3.8) is 0 Å². The average molecular weight is 405 g/mol. The van der Waals surface area contributed by atoms with Gasteiger partial charge in [-0.25, -0.2) is 0 Å². The molecule has 6 heteroatoms. The normalized spacial score (nSPS) is 11.2. The first-order valence-corrected chi connectivity index (χ1v) is 10.1. The zero-order valence-corrected chi connectivity index (χ0v) is 16.5. The van der Waals surface area contributed by atoms with E-state index in [1.54, 1.807) is 22.7 Å². The van der Waals surface area contributed by atoms with E-state index in [0.29, 0.717) is 10.8 Å². The number of hydrogen-bond acceptors (Lipinski definition) is 4. The van der Waals surface area contributed by atoms with Gasteiger partial charge in [0.15, 0.2) is 5.82 Å². The van der Waals surface area contributed by atoms with Crippen LogP contribution in [0, 0.1) is 0 Å². The van der Waals surface area contributed by atoms with Crippen molar-refractivity contribution in [1.82, 2.24) is 14.9 Å². The molecule has 0 saturated carbocycles. The summed E-state index contributed by atoms with van der Waals surface area (Å²) in [6, 6.07) is 27.8. The maximum atomic E-state index is 5.97. The van der Waals surface area contributed by atoms with Crippen LogP contribution in [0.3, 0.4) is 0 Å². The number of hydrogen-bond donors (Lipinski definition) is 0. The van der Waals surface area contributed by atoms with E-state index >= 15 is 0 Å². The van der Waals surface area contributed by atoms with Crippen molar-refractivity contribution < 1.29 is 0 Å². The molecule has 1 heterocycles. The molecule has 0 aliphatic rings. The Labute approximate surface area is 172 Å². The standard InChI is InChI=1S/C22H17ClN4S/c23-20-13-11-17(12-14-20)15-24-27-21(19-9-5-2-6-10-19)25-26-22(27)28-16-18-7-3-1-4-8-18/h1-15H,16H2. The molecule has 4 nitrogen and oxygen atoms in total. The molecule has 0 bridgehead atoms. The number of thioether (sulfide) groups is 1. The highest BCUT2D eigenvalue weighted by Crippen LogP contribution is 2.26. The number of halogens is 1. The molecule has 28 heavy (non-hydrogen) atoms. The Morgan fingerprint density at radius 2 is 1.54 bits per heavy atom. The van der Waals surface area contributed by atoms with Gasteiger partial charge in [0.1, 0.15) is 0 Å². The molecule has 0 saturated heterocycles. The van der Waals surface area contributed by atoms with Crippen LogP contribution in [0.25, 0.3) is 11.4 Å². The maximum Gasteiger partial charge on any atom is 0.212 e. The third-order valence-electron chi connectivity index (χ3n) is 4.05. The highest BCUT2D eigenvalue weighted by Gasteiger charge is 2.14. The fourth-order valence-corrected chi connectivity index (χ4v) is 3.59. The summed E-state index contributed by atoms with van der Waals surface area (Å²) < 4.78 is 1.79. The van der Waals surface area contributed by atoms with Gasteiger partial charge in [-0.05, 0) is 23.3 Å². The average Bonchev–Trinajstić information content (AvgIpc) is 3.16. The molecule has 0 N–H and O–H groups in total. The maximum absolute atomic E-state index is 5.97. The molecule has 3 aromatic carbocycles. The number of benzene rings is 3. The molecule has 0 aliphatic heterocycles. The molecule has 0 fully saturated rings. The van der Waals surface area contributed by atoms with Crippen LogP contribution < -0.4 is 0 Å². The van der Waals surface area contributed by atoms with Crippen molar-refractivity contribution in [2.24, 2.45) is 5.10 Å². The van der Waals surface area contributed by atoms with Gasteiger partial charge in [-0.3, -0.25) is 0 Å². The van der Waals surface area contributed by atoms with Crippen LogP contribution in [0.5, 0.6) is 0 Å². The van der Waals surface area contributed by atoms with Gasteiger partial charge in [-0.1, -0.05) is 96.2 Å². The fourth-order valence-electron chi connectivity index (χ4n) is 2.62. The van der Waals surface area contributed by atoms with Gasteiger partial charge in [-0.15, -0.1) is 10.2 Å². The summed E-state index contributed by atoms with van der Waals surface area (Å²) in [6.45, 7) is 0. The Morgan fingerprint density at radius 3 is 2.25 bits per heavy atom. The zero-order chi connectivity index (χ0) is 19.2. The van der Waals surface area contributed by atoms with Gasteiger partial charge in [0.2, 0.25) is 5.16 Å². The third kappa shape index (κ3) is 4.50. The molecule has 4 rings (SSSR count). The molecule has 0 atom stereocenters. The minimum atomic E-state index is 0.700. The van der Waals surface area contributed by atoms with Crippen LogP contribution >= 0.6 is 23.4 Å². The highest BCUT2D eigenvalue weighted by atomic mass is 35.5. The number of nitrogens with zero attached hydrogens (tertiary/aromatic N) is 4. The topological polar surface area (TPSA) is 43.1 Å². The van der Waals surface area contributed by atoms with Crippen molar-refractivity contribution in [2.45, 2.75) is 10.9 Å². The second-order valence-corrected chi connectivity index (χ2v) is 7.43. The van der Waals surface area contributed by atoms with Crippen molar-refractivity contribution in [2.75, 3.05) is 0 Å². The van der Waals surface area contributed by atoms with Gasteiger partial charge in [0.05, 0.1) is 6.21 Å². The van der Waals surface area contributed by atoms with Gasteiger partial charge in [0, 0.05) is 16.3 Å². The van der Waals surface area contributed by atoms with Crippen molar-refractivity contribution in [3.05, 3.63) is 101 Å². The van der Waals surface area contributed by atoms with E-state index in [2.05, 4.69) is 27.4 Å². The van der Waals surface area contributed by atoms with E-state index in [4.69, 9.17) is 11.6 Å². The van der Waals surface area contributed by atoms with Gasteiger partial charge < -0.3 is 0 Å². The van der Waals surface area contributed by atoms with Crippen LogP contribution in [0.15, 0.2) is 95.2 Å². The summed E-state index contributed by atoms with van der Waals surface area (Å²) in [7, 11) is 0. The highest BCUT2D eigenvalue weighted by molar-refractivity contribution is 7.98. The largest absolute Gasteiger partial charge is 0.212 e. The lowest BCUT2D eigenvalue weighted by atomic mass is 10.2. The quantitative estimate of drug-likeness (QED) is 0.302. The lowest BCUT2D eigenvalue weighted by Gasteiger charge is -2.05. The summed E-state index contributed by atoms with van der Waals surface area (Å²) in [6.07, 6.45) is 1.79. The van der Waals surface area contributed by atoms with Crippen LogP contribution in [0.4, 0.5) is 0 Å². The van der Waals surface area contributed by atoms with E-state index in [-0.39, 0.29) is 0 Å². The van der Waals surface area contributed by atoms with E-state index < -0.39 is 0 Å². The van der Waals surface area contributed by atoms with Gasteiger partial charge >= 0.3 is 0 Å². The summed E-state index contributed by atoms with van der Waals surface area (Å²) in [5.41, 5.74) is 3.15. The van der Waals surface area contributed by atoms with Gasteiger partial charge in [0.25, 0.3) is 0 Å². The first kappa shape index (κ1) is 18.5. The molecule has 0 spiro atoms. The first-order valence-electron chi connectivity index (χ1n) is 8.77. The Balaban J connectivity index is 1.65.